The van der Waals surface area contributed by atoms with E-state index in [9.17, 15) is 8.42 Å². The lowest BCUT2D eigenvalue weighted by atomic mass is 10.1. The van der Waals surface area contributed by atoms with E-state index < -0.39 is 10.0 Å². The normalized spacial score (nSPS) is 24.8. The second-order valence-corrected chi connectivity index (χ2v) is 7.85. The van der Waals surface area contributed by atoms with Gasteiger partial charge < -0.3 is 10.5 Å². The van der Waals surface area contributed by atoms with E-state index in [2.05, 4.69) is 0 Å². The molecule has 1 aromatic carbocycles. The van der Waals surface area contributed by atoms with Crippen molar-refractivity contribution in [3.8, 4) is 0 Å². The van der Waals surface area contributed by atoms with E-state index in [1.54, 1.807) is 6.07 Å². The highest BCUT2D eigenvalue weighted by molar-refractivity contribution is 7.89. The number of hydrogen-bond donors (Lipinski definition) is 1. The Kier molecular flexibility index (Phi) is 4.05. The molecule has 116 valence electrons. The van der Waals surface area contributed by atoms with E-state index in [0.717, 1.165) is 19.3 Å². The Morgan fingerprint density at radius 3 is 2.86 bits per heavy atom. The van der Waals surface area contributed by atoms with Crippen molar-refractivity contribution >= 4 is 10.0 Å². The van der Waals surface area contributed by atoms with Crippen LogP contribution in [0, 0.1) is 0 Å². The first-order valence-corrected chi connectivity index (χ1v) is 8.91. The Labute approximate surface area is 126 Å². The van der Waals surface area contributed by atoms with Crippen LogP contribution in [0.1, 0.15) is 24.5 Å². The highest BCUT2D eigenvalue weighted by atomic mass is 32.2. The Balaban J connectivity index is 1.86. The third-order valence-corrected chi connectivity index (χ3v) is 6.21. The number of nitrogens with zero attached hydrogens (tertiary/aromatic N) is 1. The Morgan fingerprint density at radius 2 is 2.10 bits per heavy atom. The van der Waals surface area contributed by atoms with Crippen molar-refractivity contribution < 1.29 is 13.2 Å². The van der Waals surface area contributed by atoms with Gasteiger partial charge in [0.1, 0.15) is 0 Å². The minimum Gasteiger partial charge on any atom is -0.374 e. The van der Waals surface area contributed by atoms with Gasteiger partial charge in [-0.3, -0.25) is 0 Å². The van der Waals surface area contributed by atoms with Gasteiger partial charge in [-0.25, -0.2) is 8.42 Å². The zero-order valence-electron chi connectivity index (χ0n) is 12.3. The van der Waals surface area contributed by atoms with Crippen LogP contribution in [0.4, 0.5) is 0 Å². The fourth-order valence-electron chi connectivity index (χ4n) is 3.04. The largest absolute Gasteiger partial charge is 0.374 e. The monoisotopic (exact) mass is 310 g/mol. The predicted octanol–water partition coefficient (Wildman–Crippen LogP) is 0.912. The second kappa shape index (κ2) is 5.68. The SMILES string of the molecule is CC(N)C1CN(S(=O)(=O)c2ccc3c(c2)CCC3)CCO1. The molecule has 2 atom stereocenters. The Hall–Kier alpha value is -0.950. The van der Waals surface area contributed by atoms with Crippen molar-refractivity contribution in [1.82, 2.24) is 4.31 Å². The number of rotatable bonds is 3. The first-order chi connectivity index (χ1) is 9.98. The summed E-state index contributed by atoms with van der Waals surface area (Å²) < 4.78 is 32.6. The molecule has 2 N–H and O–H groups in total. The van der Waals surface area contributed by atoms with Gasteiger partial charge in [-0.05, 0) is 49.4 Å². The maximum Gasteiger partial charge on any atom is 0.243 e. The summed E-state index contributed by atoms with van der Waals surface area (Å²) in [6.07, 6.45) is 2.91. The topological polar surface area (TPSA) is 72.6 Å². The van der Waals surface area contributed by atoms with Gasteiger partial charge in [-0.15, -0.1) is 0 Å². The van der Waals surface area contributed by atoms with Crippen molar-refractivity contribution in [1.29, 1.82) is 0 Å². The van der Waals surface area contributed by atoms with Crippen LogP contribution in [-0.4, -0.2) is 44.6 Å². The summed E-state index contributed by atoms with van der Waals surface area (Å²) in [7, 11) is -3.45. The third kappa shape index (κ3) is 2.85. The summed E-state index contributed by atoms with van der Waals surface area (Å²) >= 11 is 0. The number of aryl methyl sites for hydroxylation is 2. The number of sulfonamides is 1. The van der Waals surface area contributed by atoms with Gasteiger partial charge in [-0.1, -0.05) is 6.07 Å². The molecule has 0 amide bonds. The molecule has 0 radical (unpaired) electrons. The lowest BCUT2D eigenvalue weighted by Crippen LogP contribution is -2.51. The number of morpholine rings is 1. The summed E-state index contributed by atoms with van der Waals surface area (Å²) in [6, 6.07) is 5.35. The van der Waals surface area contributed by atoms with Crippen LogP contribution in [0.25, 0.3) is 0 Å². The highest BCUT2D eigenvalue weighted by Gasteiger charge is 2.32. The molecular weight excluding hydrogens is 288 g/mol. The van der Waals surface area contributed by atoms with Crippen molar-refractivity contribution in [3.63, 3.8) is 0 Å². The summed E-state index contributed by atoms with van der Waals surface area (Å²) in [5, 5.41) is 0. The molecule has 2 unspecified atom stereocenters. The first-order valence-electron chi connectivity index (χ1n) is 7.47. The number of ether oxygens (including phenoxy) is 1. The van der Waals surface area contributed by atoms with E-state index in [1.165, 1.54) is 15.4 Å². The van der Waals surface area contributed by atoms with Crippen molar-refractivity contribution in [2.45, 2.75) is 43.2 Å². The molecule has 1 saturated heterocycles. The lowest BCUT2D eigenvalue weighted by Gasteiger charge is -2.34. The maximum atomic E-state index is 12.8. The molecule has 1 aliphatic heterocycles. The van der Waals surface area contributed by atoms with Crippen LogP contribution in [0.2, 0.25) is 0 Å². The summed E-state index contributed by atoms with van der Waals surface area (Å²) in [5.74, 6) is 0. The minimum atomic E-state index is -3.45. The standard InChI is InChI=1S/C15H22N2O3S/c1-11(16)15-10-17(7-8-20-15)21(18,19)14-6-5-12-3-2-4-13(12)9-14/h5-6,9,11,15H,2-4,7-8,10,16H2,1H3. The van der Waals surface area contributed by atoms with Crippen LogP contribution >= 0.6 is 0 Å². The second-order valence-electron chi connectivity index (χ2n) is 5.92. The summed E-state index contributed by atoms with van der Waals surface area (Å²) in [4.78, 5) is 0.397. The van der Waals surface area contributed by atoms with Crippen LogP contribution in [0.5, 0.6) is 0 Å². The Morgan fingerprint density at radius 1 is 1.33 bits per heavy atom. The lowest BCUT2D eigenvalue weighted by molar-refractivity contribution is -0.0120. The highest BCUT2D eigenvalue weighted by Crippen LogP contribution is 2.27. The third-order valence-electron chi connectivity index (χ3n) is 4.35. The van der Waals surface area contributed by atoms with Gasteiger partial charge in [-0.2, -0.15) is 4.31 Å². The smallest absolute Gasteiger partial charge is 0.243 e. The quantitative estimate of drug-likeness (QED) is 0.901. The van der Waals surface area contributed by atoms with E-state index in [4.69, 9.17) is 10.5 Å². The van der Waals surface area contributed by atoms with Crippen LogP contribution in [-0.2, 0) is 27.6 Å². The van der Waals surface area contributed by atoms with Gasteiger partial charge in [0.2, 0.25) is 10.0 Å². The van der Waals surface area contributed by atoms with Crippen molar-refractivity contribution in [3.05, 3.63) is 29.3 Å². The van der Waals surface area contributed by atoms with Gasteiger partial charge in [0.05, 0.1) is 17.6 Å². The average molecular weight is 310 g/mol. The molecule has 1 aliphatic carbocycles. The molecular formula is C15H22N2O3S. The fourth-order valence-corrected chi connectivity index (χ4v) is 4.53. The molecule has 1 fully saturated rings. The molecule has 6 heteroatoms. The minimum absolute atomic E-state index is 0.178. The van der Waals surface area contributed by atoms with Gasteiger partial charge in [0.25, 0.3) is 0 Å². The molecule has 0 aromatic heterocycles. The number of nitrogens with two attached hydrogens (primary N) is 1. The summed E-state index contributed by atoms with van der Waals surface area (Å²) in [6.45, 7) is 2.96. The molecule has 0 bridgehead atoms. The predicted molar refractivity (Wildman–Crippen MR) is 80.6 cm³/mol. The van der Waals surface area contributed by atoms with E-state index in [0.29, 0.717) is 24.6 Å². The number of hydrogen-bond acceptors (Lipinski definition) is 4. The van der Waals surface area contributed by atoms with E-state index >= 15 is 0 Å². The van der Waals surface area contributed by atoms with E-state index in [-0.39, 0.29) is 12.1 Å². The van der Waals surface area contributed by atoms with Crippen molar-refractivity contribution in [2.24, 2.45) is 5.73 Å². The molecule has 5 nitrogen and oxygen atoms in total. The molecule has 21 heavy (non-hydrogen) atoms. The zero-order valence-corrected chi connectivity index (χ0v) is 13.1. The first kappa shape index (κ1) is 15.0. The van der Waals surface area contributed by atoms with Gasteiger partial charge in [0.15, 0.2) is 0 Å². The van der Waals surface area contributed by atoms with Gasteiger partial charge in [0, 0.05) is 19.1 Å². The average Bonchev–Trinajstić information content (AvgIpc) is 2.94. The van der Waals surface area contributed by atoms with Crippen LogP contribution in [0.15, 0.2) is 23.1 Å². The van der Waals surface area contributed by atoms with Crippen molar-refractivity contribution in [2.75, 3.05) is 19.7 Å². The summed E-state index contributed by atoms with van der Waals surface area (Å²) in [5.41, 5.74) is 8.29. The molecule has 3 rings (SSSR count). The van der Waals surface area contributed by atoms with Crippen LogP contribution < -0.4 is 5.73 Å². The molecule has 0 saturated carbocycles. The maximum absolute atomic E-state index is 12.8. The molecule has 1 aromatic rings. The van der Waals surface area contributed by atoms with Gasteiger partial charge >= 0.3 is 0 Å². The molecule has 0 spiro atoms. The number of benzene rings is 1. The van der Waals surface area contributed by atoms with Crippen LogP contribution in [0.3, 0.4) is 0 Å². The Bertz CT molecular complexity index is 628. The number of fused-ring (bicyclic) bond motifs is 1. The molecule has 1 heterocycles. The zero-order chi connectivity index (χ0) is 15.0. The van der Waals surface area contributed by atoms with E-state index in [1.807, 2.05) is 19.1 Å². The fraction of sp³-hybridized carbons (Fsp3) is 0.600. The molecule has 2 aliphatic rings.